The van der Waals surface area contributed by atoms with Crippen LogP contribution in [-0.2, 0) is 17.1 Å². The highest BCUT2D eigenvalue weighted by Gasteiger charge is 2.31. The number of nitrogens with zero attached hydrogens (tertiary/aromatic N) is 3. The molecule has 1 aromatic carbocycles. The van der Waals surface area contributed by atoms with Gasteiger partial charge in [-0.15, -0.1) is 0 Å². The van der Waals surface area contributed by atoms with Gasteiger partial charge in [0.05, 0.1) is 11.9 Å². The topological polar surface area (TPSA) is 124 Å². The molecule has 1 saturated carbocycles. The molecule has 1 unspecified atom stereocenters. The normalized spacial score (nSPS) is 17.9. The number of aromatic nitrogens is 3. The smallest absolute Gasteiger partial charge is 0.337 e. The Kier molecular flexibility index (Phi) is 6.29. The highest BCUT2D eigenvalue weighted by molar-refractivity contribution is 14.1. The number of hydrogen-bond acceptors (Lipinski definition) is 6. The SMILES string of the molecule is Cn1c(=O)cc(Nc2ccc(I)cc2)c2c(=O)n(C3CC3)c(=O)n(C3=CC=CC(NS(C)(=O)=O)C3)c21. The van der Waals surface area contributed by atoms with E-state index in [-0.39, 0.29) is 23.5 Å². The number of rotatable bonds is 6. The van der Waals surface area contributed by atoms with Gasteiger partial charge in [-0.3, -0.25) is 23.3 Å². The summed E-state index contributed by atoms with van der Waals surface area (Å²) in [6, 6.07) is 8.06. The molecule has 3 aromatic rings. The molecule has 1 atom stereocenters. The molecule has 5 rings (SSSR count). The first-order valence-electron chi connectivity index (χ1n) is 11.3. The van der Waals surface area contributed by atoms with Crippen LogP contribution in [0.15, 0.2) is 62.9 Å². The lowest BCUT2D eigenvalue weighted by Gasteiger charge is -2.24. The summed E-state index contributed by atoms with van der Waals surface area (Å²) in [5.41, 5.74) is 0.222. The van der Waals surface area contributed by atoms with Crippen LogP contribution < -0.4 is 26.8 Å². The van der Waals surface area contributed by atoms with E-state index in [4.69, 9.17) is 0 Å². The average Bonchev–Trinajstić information content (AvgIpc) is 3.63. The molecule has 0 saturated heterocycles. The lowest BCUT2D eigenvalue weighted by Crippen LogP contribution is -2.43. The Morgan fingerprint density at radius 3 is 2.42 bits per heavy atom. The fourth-order valence-corrected chi connectivity index (χ4v) is 5.52. The van der Waals surface area contributed by atoms with Gasteiger partial charge < -0.3 is 5.32 Å². The average molecular weight is 621 g/mol. The van der Waals surface area contributed by atoms with Crippen molar-refractivity contribution in [3.05, 3.63) is 83.3 Å². The molecule has 188 valence electrons. The number of allylic oxidation sites excluding steroid dienone is 2. The van der Waals surface area contributed by atoms with E-state index in [1.54, 1.807) is 18.2 Å². The number of nitrogens with one attached hydrogen (secondary N) is 2. The summed E-state index contributed by atoms with van der Waals surface area (Å²) in [6.45, 7) is 0. The fraction of sp³-hybridized carbons (Fsp3) is 0.292. The van der Waals surface area contributed by atoms with Crippen LogP contribution in [0.1, 0.15) is 25.3 Å². The van der Waals surface area contributed by atoms with E-state index in [0.717, 1.165) is 9.83 Å². The number of hydrogen-bond donors (Lipinski definition) is 2. The second-order valence-electron chi connectivity index (χ2n) is 9.05. The Labute approximate surface area is 220 Å². The number of fused-ring (bicyclic) bond motifs is 1. The summed E-state index contributed by atoms with van der Waals surface area (Å²) in [4.78, 5) is 40.5. The Hall–Kier alpha value is -2.97. The molecule has 2 N–H and O–H groups in total. The predicted molar refractivity (Wildman–Crippen MR) is 148 cm³/mol. The molecule has 2 heterocycles. The molecule has 0 aliphatic heterocycles. The van der Waals surface area contributed by atoms with Gasteiger partial charge in [-0.25, -0.2) is 17.9 Å². The molecule has 0 spiro atoms. The second kappa shape index (κ2) is 9.16. The van der Waals surface area contributed by atoms with Crippen LogP contribution in [0.5, 0.6) is 0 Å². The fourth-order valence-electron chi connectivity index (χ4n) is 4.45. The van der Waals surface area contributed by atoms with Gasteiger partial charge in [0.1, 0.15) is 11.0 Å². The van der Waals surface area contributed by atoms with Crippen LogP contribution in [0.3, 0.4) is 0 Å². The van der Waals surface area contributed by atoms with Crippen LogP contribution in [0, 0.1) is 3.57 Å². The highest BCUT2D eigenvalue weighted by Crippen LogP contribution is 2.34. The molecule has 36 heavy (non-hydrogen) atoms. The van der Waals surface area contributed by atoms with Crippen LogP contribution in [0.4, 0.5) is 11.4 Å². The van der Waals surface area contributed by atoms with Gasteiger partial charge in [0, 0.05) is 46.6 Å². The molecule has 10 nitrogen and oxygen atoms in total. The standard InChI is InChI=1S/C24H24IN5O5S/c1-28-20(31)13-19(26-15-8-6-14(25)7-9-15)21-22(28)29(24(33)30(23(21)32)17-10-11-17)18-5-3-4-16(12-18)27-36(2,34)35/h3-9,13,16-17,26-27H,10-12H2,1-2H3. The number of pyridine rings is 1. The van der Waals surface area contributed by atoms with Gasteiger partial charge >= 0.3 is 5.69 Å². The van der Waals surface area contributed by atoms with E-state index in [1.807, 2.05) is 24.3 Å². The zero-order valence-corrected chi connectivity index (χ0v) is 22.5. The maximum absolute atomic E-state index is 13.7. The summed E-state index contributed by atoms with van der Waals surface area (Å²) in [5, 5.41) is 3.40. The maximum Gasteiger partial charge on any atom is 0.337 e. The van der Waals surface area contributed by atoms with Crippen LogP contribution in [0.25, 0.3) is 16.7 Å². The number of halogens is 1. The summed E-state index contributed by atoms with van der Waals surface area (Å²) in [7, 11) is -1.98. The van der Waals surface area contributed by atoms with E-state index >= 15 is 0 Å². The molecule has 12 heteroatoms. The molecule has 0 amide bonds. The van der Waals surface area contributed by atoms with Crippen molar-refractivity contribution in [1.82, 2.24) is 18.4 Å². The van der Waals surface area contributed by atoms with Crippen molar-refractivity contribution in [2.75, 3.05) is 11.6 Å². The predicted octanol–water partition coefficient (Wildman–Crippen LogP) is 2.26. The van der Waals surface area contributed by atoms with Gasteiger partial charge in [-0.2, -0.15) is 0 Å². The van der Waals surface area contributed by atoms with Crippen molar-refractivity contribution in [2.45, 2.75) is 31.3 Å². The van der Waals surface area contributed by atoms with Crippen molar-refractivity contribution in [2.24, 2.45) is 7.05 Å². The van der Waals surface area contributed by atoms with Gasteiger partial charge in [0.2, 0.25) is 10.0 Å². The Morgan fingerprint density at radius 1 is 1.08 bits per heavy atom. The van der Waals surface area contributed by atoms with E-state index in [9.17, 15) is 22.8 Å². The molecule has 2 aliphatic carbocycles. The lowest BCUT2D eigenvalue weighted by atomic mass is 10.1. The van der Waals surface area contributed by atoms with Crippen molar-refractivity contribution in [1.29, 1.82) is 0 Å². The summed E-state index contributed by atoms with van der Waals surface area (Å²) < 4.78 is 31.1. The van der Waals surface area contributed by atoms with Crippen molar-refractivity contribution >= 4 is 60.7 Å². The van der Waals surface area contributed by atoms with Gasteiger partial charge in [-0.05, 0) is 65.8 Å². The van der Waals surface area contributed by atoms with Gasteiger partial charge in [-0.1, -0.05) is 12.2 Å². The van der Waals surface area contributed by atoms with Crippen molar-refractivity contribution < 1.29 is 8.42 Å². The minimum Gasteiger partial charge on any atom is -0.355 e. The first-order valence-corrected chi connectivity index (χ1v) is 14.3. The van der Waals surface area contributed by atoms with Gasteiger partial charge in [0.15, 0.2) is 0 Å². The highest BCUT2D eigenvalue weighted by atomic mass is 127. The zero-order chi connectivity index (χ0) is 25.8. The quantitative estimate of drug-likeness (QED) is 0.408. The first-order chi connectivity index (χ1) is 17.0. The van der Waals surface area contributed by atoms with Crippen molar-refractivity contribution in [3.63, 3.8) is 0 Å². The Bertz CT molecular complexity index is 1730. The Balaban J connectivity index is 1.78. The molecule has 0 radical (unpaired) electrons. The minimum atomic E-state index is -3.50. The summed E-state index contributed by atoms with van der Waals surface area (Å²) in [6.07, 6.45) is 7.72. The summed E-state index contributed by atoms with van der Waals surface area (Å²) >= 11 is 2.19. The monoisotopic (exact) mass is 621 g/mol. The molecule has 2 aliphatic rings. The van der Waals surface area contributed by atoms with Crippen LogP contribution in [0.2, 0.25) is 0 Å². The van der Waals surface area contributed by atoms with E-state index in [0.29, 0.717) is 29.9 Å². The molecule has 0 bridgehead atoms. The first kappa shape index (κ1) is 24.7. The zero-order valence-electron chi connectivity index (χ0n) is 19.6. The lowest BCUT2D eigenvalue weighted by molar-refractivity contribution is 0.575. The van der Waals surface area contributed by atoms with Crippen LogP contribution >= 0.6 is 22.6 Å². The number of anilines is 2. The van der Waals surface area contributed by atoms with E-state index < -0.39 is 32.9 Å². The summed E-state index contributed by atoms with van der Waals surface area (Å²) in [5.74, 6) is 0. The molecular weight excluding hydrogens is 597 g/mol. The third kappa shape index (κ3) is 4.72. The van der Waals surface area contributed by atoms with Crippen LogP contribution in [-0.4, -0.2) is 34.4 Å². The number of benzene rings is 1. The molecule has 2 aromatic heterocycles. The number of aryl methyl sites for hydroxylation is 1. The molecule has 1 fully saturated rings. The van der Waals surface area contributed by atoms with Gasteiger partial charge in [0.25, 0.3) is 11.1 Å². The maximum atomic E-state index is 13.7. The Morgan fingerprint density at radius 2 is 1.78 bits per heavy atom. The van der Waals surface area contributed by atoms with Crippen molar-refractivity contribution in [3.8, 4) is 0 Å². The minimum absolute atomic E-state index is 0.155. The number of sulfonamides is 1. The largest absolute Gasteiger partial charge is 0.355 e. The third-order valence-electron chi connectivity index (χ3n) is 6.20. The third-order valence-corrected chi connectivity index (χ3v) is 7.65. The second-order valence-corrected chi connectivity index (χ2v) is 12.1. The van der Waals surface area contributed by atoms with E-state index in [1.165, 1.54) is 26.8 Å². The van der Waals surface area contributed by atoms with E-state index in [2.05, 4.69) is 32.6 Å². The molecular formula is C24H24IN5O5S.